The molecule has 1 atom stereocenters. The summed E-state index contributed by atoms with van der Waals surface area (Å²) in [7, 11) is -3.53. The average Bonchev–Trinajstić information content (AvgIpc) is 2.55. The number of ether oxygens (including phenoxy) is 1. The summed E-state index contributed by atoms with van der Waals surface area (Å²) in [5.74, 6) is 0.718. The number of sulfonamides is 1. The molecule has 1 saturated heterocycles. The van der Waals surface area contributed by atoms with Gasteiger partial charge in [0.2, 0.25) is 10.0 Å². The van der Waals surface area contributed by atoms with E-state index in [4.69, 9.17) is 4.74 Å². The molecule has 132 valence electrons. The second-order valence-electron chi connectivity index (χ2n) is 5.71. The van der Waals surface area contributed by atoms with Gasteiger partial charge in [0.1, 0.15) is 5.75 Å². The van der Waals surface area contributed by atoms with Crippen LogP contribution in [0.25, 0.3) is 10.8 Å². The summed E-state index contributed by atoms with van der Waals surface area (Å²) in [6.07, 6.45) is 0. The molecule has 0 bridgehead atoms. The van der Waals surface area contributed by atoms with Crippen LogP contribution in [0.15, 0.2) is 41.3 Å². The lowest BCUT2D eigenvalue weighted by Crippen LogP contribution is -2.52. The van der Waals surface area contributed by atoms with Gasteiger partial charge in [-0.2, -0.15) is 4.31 Å². The Kier molecular flexibility index (Phi) is 6.09. The summed E-state index contributed by atoms with van der Waals surface area (Å²) in [6.45, 7) is 6.24. The van der Waals surface area contributed by atoms with Gasteiger partial charge in [0, 0.05) is 36.4 Å². The van der Waals surface area contributed by atoms with Crippen LogP contribution >= 0.6 is 12.4 Å². The molecule has 24 heavy (non-hydrogen) atoms. The van der Waals surface area contributed by atoms with E-state index in [0.717, 1.165) is 11.1 Å². The molecule has 0 spiro atoms. The van der Waals surface area contributed by atoms with Crippen molar-refractivity contribution in [1.29, 1.82) is 0 Å². The number of piperazine rings is 1. The van der Waals surface area contributed by atoms with Gasteiger partial charge in [-0.3, -0.25) is 0 Å². The Balaban J connectivity index is 0.00000208. The zero-order chi connectivity index (χ0) is 16.4. The first kappa shape index (κ1) is 19.0. The third-order valence-corrected chi connectivity index (χ3v) is 6.24. The maximum Gasteiger partial charge on any atom is 0.244 e. The Morgan fingerprint density at radius 1 is 1.21 bits per heavy atom. The van der Waals surface area contributed by atoms with Crippen LogP contribution in [0.1, 0.15) is 13.8 Å². The van der Waals surface area contributed by atoms with E-state index >= 15 is 0 Å². The molecular formula is C17H23ClN2O3S. The number of halogens is 1. The highest BCUT2D eigenvalue weighted by atomic mass is 35.5. The SMILES string of the molecule is CCOc1ccc(S(=O)(=O)N2CCNCC2C)c2ccccc12.Cl. The van der Waals surface area contributed by atoms with E-state index in [1.165, 1.54) is 0 Å². The predicted octanol–water partition coefficient (Wildman–Crippen LogP) is 2.64. The lowest BCUT2D eigenvalue weighted by atomic mass is 10.1. The van der Waals surface area contributed by atoms with Crippen molar-refractivity contribution in [3.8, 4) is 5.75 Å². The van der Waals surface area contributed by atoms with Gasteiger partial charge in [0.25, 0.3) is 0 Å². The Bertz CT molecular complexity index is 811. The first-order valence-corrected chi connectivity index (χ1v) is 9.37. The van der Waals surface area contributed by atoms with Crippen molar-refractivity contribution in [2.45, 2.75) is 24.8 Å². The number of benzene rings is 2. The molecule has 1 unspecified atom stereocenters. The van der Waals surface area contributed by atoms with Crippen LogP contribution in [0.2, 0.25) is 0 Å². The molecule has 0 aliphatic carbocycles. The van der Waals surface area contributed by atoms with Crippen LogP contribution in [-0.4, -0.2) is 45.0 Å². The molecule has 5 nitrogen and oxygen atoms in total. The number of hydrogen-bond donors (Lipinski definition) is 1. The minimum atomic E-state index is -3.53. The minimum Gasteiger partial charge on any atom is -0.493 e. The Morgan fingerprint density at radius 3 is 2.58 bits per heavy atom. The zero-order valence-electron chi connectivity index (χ0n) is 13.9. The van der Waals surface area contributed by atoms with Gasteiger partial charge < -0.3 is 10.1 Å². The molecule has 2 aromatic carbocycles. The summed E-state index contributed by atoms with van der Waals surface area (Å²) < 4.78 is 33.5. The average molecular weight is 371 g/mol. The number of rotatable bonds is 4. The molecule has 1 aliphatic heterocycles. The first-order chi connectivity index (χ1) is 11.1. The maximum atomic E-state index is 13.1. The molecule has 0 aromatic heterocycles. The Morgan fingerprint density at radius 2 is 1.92 bits per heavy atom. The van der Waals surface area contributed by atoms with Crippen LogP contribution in [0.5, 0.6) is 5.75 Å². The summed E-state index contributed by atoms with van der Waals surface area (Å²) >= 11 is 0. The molecular weight excluding hydrogens is 348 g/mol. The largest absolute Gasteiger partial charge is 0.493 e. The topological polar surface area (TPSA) is 58.6 Å². The van der Waals surface area contributed by atoms with Gasteiger partial charge in [-0.25, -0.2) is 8.42 Å². The lowest BCUT2D eigenvalue weighted by molar-refractivity contribution is 0.284. The molecule has 0 radical (unpaired) electrons. The Labute approximate surface area is 149 Å². The van der Waals surface area contributed by atoms with Crippen molar-refractivity contribution < 1.29 is 13.2 Å². The number of hydrogen-bond acceptors (Lipinski definition) is 4. The molecule has 1 fully saturated rings. The van der Waals surface area contributed by atoms with E-state index in [2.05, 4.69) is 5.32 Å². The van der Waals surface area contributed by atoms with E-state index < -0.39 is 10.0 Å². The number of nitrogens with zero attached hydrogens (tertiary/aromatic N) is 1. The van der Waals surface area contributed by atoms with E-state index in [0.29, 0.717) is 36.5 Å². The molecule has 0 saturated carbocycles. The van der Waals surface area contributed by atoms with E-state index in [1.807, 2.05) is 38.1 Å². The molecule has 7 heteroatoms. The second-order valence-corrected chi connectivity index (χ2v) is 7.57. The van der Waals surface area contributed by atoms with Crippen molar-refractivity contribution in [3.05, 3.63) is 36.4 Å². The highest BCUT2D eigenvalue weighted by Crippen LogP contribution is 2.33. The summed E-state index contributed by atoms with van der Waals surface area (Å²) in [4.78, 5) is 0.352. The monoisotopic (exact) mass is 370 g/mol. The molecule has 3 rings (SSSR count). The van der Waals surface area contributed by atoms with Gasteiger partial charge in [-0.1, -0.05) is 24.3 Å². The molecule has 1 aliphatic rings. The van der Waals surface area contributed by atoms with Crippen LogP contribution in [0.4, 0.5) is 0 Å². The number of fused-ring (bicyclic) bond motifs is 1. The highest BCUT2D eigenvalue weighted by Gasteiger charge is 2.32. The fourth-order valence-corrected chi connectivity index (χ4v) is 4.88. The fraction of sp³-hybridized carbons (Fsp3) is 0.412. The van der Waals surface area contributed by atoms with Gasteiger partial charge in [-0.05, 0) is 26.0 Å². The maximum absolute atomic E-state index is 13.1. The smallest absolute Gasteiger partial charge is 0.244 e. The van der Waals surface area contributed by atoms with E-state index in [1.54, 1.807) is 16.4 Å². The van der Waals surface area contributed by atoms with Crippen molar-refractivity contribution >= 4 is 33.2 Å². The van der Waals surface area contributed by atoms with Crippen molar-refractivity contribution in [1.82, 2.24) is 9.62 Å². The van der Waals surface area contributed by atoms with Crippen molar-refractivity contribution in [2.24, 2.45) is 0 Å². The van der Waals surface area contributed by atoms with Gasteiger partial charge in [0.15, 0.2) is 0 Å². The van der Waals surface area contributed by atoms with Crippen LogP contribution in [-0.2, 0) is 10.0 Å². The van der Waals surface area contributed by atoms with E-state index in [-0.39, 0.29) is 18.4 Å². The summed E-state index contributed by atoms with van der Waals surface area (Å²) in [5, 5.41) is 4.77. The predicted molar refractivity (Wildman–Crippen MR) is 98.6 cm³/mol. The second kappa shape index (κ2) is 7.70. The van der Waals surface area contributed by atoms with Crippen LogP contribution in [0, 0.1) is 0 Å². The molecule has 1 N–H and O–H groups in total. The number of nitrogens with one attached hydrogen (secondary N) is 1. The van der Waals surface area contributed by atoms with Gasteiger partial charge in [0.05, 0.1) is 11.5 Å². The van der Waals surface area contributed by atoms with Crippen LogP contribution in [0.3, 0.4) is 0 Å². The molecule has 2 aromatic rings. The van der Waals surface area contributed by atoms with E-state index in [9.17, 15) is 8.42 Å². The third-order valence-electron chi connectivity index (χ3n) is 4.17. The molecule has 1 heterocycles. The first-order valence-electron chi connectivity index (χ1n) is 7.93. The Hall–Kier alpha value is -1.34. The standard InChI is InChI=1S/C17H22N2O3S.ClH/c1-3-22-16-8-9-17(15-7-5-4-6-14(15)16)23(20,21)19-11-10-18-12-13(19)2;/h4-9,13,18H,3,10-12H2,1-2H3;1H. The summed E-state index contributed by atoms with van der Waals surface area (Å²) in [6, 6.07) is 10.9. The van der Waals surface area contributed by atoms with Crippen LogP contribution < -0.4 is 10.1 Å². The molecule has 0 amide bonds. The van der Waals surface area contributed by atoms with Crippen molar-refractivity contribution in [3.63, 3.8) is 0 Å². The lowest BCUT2D eigenvalue weighted by Gasteiger charge is -2.33. The van der Waals surface area contributed by atoms with Gasteiger partial charge in [-0.15, -0.1) is 12.4 Å². The normalized spacial score (nSPS) is 19.0. The van der Waals surface area contributed by atoms with Gasteiger partial charge >= 0.3 is 0 Å². The minimum absolute atomic E-state index is 0. The quantitative estimate of drug-likeness (QED) is 0.898. The summed E-state index contributed by atoms with van der Waals surface area (Å²) in [5.41, 5.74) is 0. The van der Waals surface area contributed by atoms with Crippen molar-refractivity contribution in [2.75, 3.05) is 26.2 Å². The third kappa shape index (κ3) is 3.37. The zero-order valence-corrected chi connectivity index (χ0v) is 15.5. The fourth-order valence-electron chi connectivity index (χ4n) is 3.06. The highest BCUT2D eigenvalue weighted by molar-refractivity contribution is 7.89.